The first-order valence-corrected chi connectivity index (χ1v) is 15.4. The first-order chi connectivity index (χ1) is 21.3. The molecule has 3 atom stereocenters. The van der Waals surface area contributed by atoms with E-state index in [-0.39, 0.29) is 29.9 Å². The lowest BCUT2D eigenvalue weighted by Gasteiger charge is -2.33. The van der Waals surface area contributed by atoms with Crippen molar-refractivity contribution in [3.8, 4) is 0 Å². The molecule has 1 heterocycles. The summed E-state index contributed by atoms with van der Waals surface area (Å²) in [5.41, 5.74) is 9.17. The molecule has 3 aromatic carbocycles. The highest BCUT2D eigenvalue weighted by molar-refractivity contribution is 6.10. The maximum atomic E-state index is 13.9. The van der Waals surface area contributed by atoms with Crippen LogP contribution in [0.25, 0.3) is 10.8 Å². The average molecular weight is 599 g/mol. The first-order valence-electron chi connectivity index (χ1n) is 15.4. The Labute approximate surface area is 260 Å². The number of ketones is 1. The van der Waals surface area contributed by atoms with Crippen LogP contribution in [0.15, 0.2) is 79.1 Å². The van der Waals surface area contributed by atoms with Crippen molar-refractivity contribution in [2.45, 2.75) is 65.0 Å². The molecule has 0 radical (unpaired) electrons. The summed E-state index contributed by atoms with van der Waals surface area (Å²) in [5.74, 6) is -0.514. The molecule has 44 heavy (non-hydrogen) atoms. The molecule has 0 fully saturated rings. The van der Waals surface area contributed by atoms with Gasteiger partial charge in [0.05, 0.1) is 25.4 Å². The maximum absolute atomic E-state index is 13.9. The van der Waals surface area contributed by atoms with Crippen LogP contribution in [0.5, 0.6) is 0 Å². The van der Waals surface area contributed by atoms with Crippen molar-refractivity contribution in [1.82, 2.24) is 25.5 Å². The van der Waals surface area contributed by atoms with Crippen LogP contribution in [0.2, 0.25) is 0 Å². The van der Waals surface area contributed by atoms with Gasteiger partial charge in [0.15, 0.2) is 5.78 Å². The lowest BCUT2D eigenvalue weighted by Crippen LogP contribution is -2.48. The first kappa shape index (κ1) is 33.0. The number of nitrogens with two attached hydrogens (primary N) is 1. The molecular formula is C35H46N6O3. The van der Waals surface area contributed by atoms with Crippen LogP contribution in [0.3, 0.4) is 0 Å². The third-order valence-electron chi connectivity index (χ3n) is 8.09. The van der Waals surface area contributed by atoms with Crippen LogP contribution in [-0.2, 0) is 22.6 Å². The minimum Gasteiger partial charge on any atom is -0.383 e. The van der Waals surface area contributed by atoms with Crippen molar-refractivity contribution in [2.75, 3.05) is 20.3 Å². The fraction of sp³-hybridized carbons (Fsp3) is 0.400. The predicted molar refractivity (Wildman–Crippen MR) is 175 cm³/mol. The fourth-order valence-corrected chi connectivity index (χ4v) is 5.62. The molecule has 0 spiro atoms. The number of ether oxygens (including phenoxy) is 1. The molecule has 4 aromatic rings. The standard InChI is InChI=1S/C35H46N6O3/c1-24(2)41(20-21-44-4)32(36)17-16-31(35(43)40-25(3)29-11-7-9-27-8-5-6-10-30(27)29)34(42)28-14-12-26(13-15-28)22-37-23-33-38-18-19-39-33/h5-15,18-19,24-25,31-32,37H,16-17,20-23,36H2,1-4H3,(H,38,39)(H,40,43)/t25-,31-,32?/m0/s1. The van der Waals surface area contributed by atoms with Crippen LogP contribution < -0.4 is 16.4 Å². The Bertz CT molecular complexity index is 1470. The number of aromatic amines is 1. The van der Waals surface area contributed by atoms with E-state index in [2.05, 4.69) is 57.5 Å². The van der Waals surface area contributed by atoms with Crippen molar-refractivity contribution in [3.63, 3.8) is 0 Å². The topological polar surface area (TPSA) is 125 Å². The molecule has 0 aliphatic heterocycles. The smallest absolute Gasteiger partial charge is 0.231 e. The number of methoxy groups -OCH3 is 1. The van der Waals surface area contributed by atoms with E-state index >= 15 is 0 Å². The zero-order valence-corrected chi connectivity index (χ0v) is 26.3. The predicted octanol–water partition coefficient (Wildman–Crippen LogP) is 4.95. The molecule has 1 aromatic heterocycles. The van der Waals surface area contributed by atoms with E-state index in [4.69, 9.17) is 10.5 Å². The number of H-pyrrole nitrogens is 1. The Hall–Kier alpha value is -3.89. The summed E-state index contributed by atoms with van der Waals surface area (Å²) in [6.45, 7) is 8.60. The van der Waals surface area contributed by atoms with E-state index < -0.39 is 5.92 Å². The van der Waals surface area contributed by atoms with E-state index in [9.17, 15) is 9.59 Å². The third-order valence-corrected chi connectivity index (χ3v) is 8.09. The quantitative estimate of drug-likeness (QED) is 0.0770. The molecule has 0 aliphatic rings. The Kier molecular flexibility index (Phi) is 12.2. The van der Waals surface area contributed by atoms with Crippen LogP contribution >= 0.6 is 0 Å². The summed E-state index contributed by atoms with van der Waals surface area (Å²) >= 11 is 0. The van der Waals surface area contributed by atoms with Crippen LogP contribution in [0.4, 0.5) is 0 Å². The zero-order valence-electron chi connectivity index (χ0n) is 26.3. The molecule has 9 nitrogen and oxygen atoms in total. The van der Waals surface area contributed by atoms with Crippen LogP contribution in [-0.4, -0.2) is 59.0 Å². The Morgan fingerprint density at radius 2 is 1.73 bits per heavy atom. The Balaban J connectivity index is 1.49. The summed E-state index contributed by atoms with van der Waals surface area (Å²) in [5, 5.41) is 8.67. The average Bonchev–Trinajstić information content (AvgIpc) is 3.54. The Morgan fingerprint density at radius 1 is 0.977 bits per heavy atom. The second-order valence-corrected chi connectivity index (χ2v) is 11.5. The second kappa shape index (κ2) is 16.3. The maximum Gasteiger partial charge on any atom is 0.231 e. The number of hydrogen-bond acceptors (Lipinski definition) is 7. The highest BCUT2D eigenvalue weighted by Gasteiger charge is 2.30. The van der Waals surface area contributed by atoms with Gasteiger partial charge in [0, 0.05) is 44.2 Å². The van der Waals surface area contributed by atoms with Gasteiger partial charge in [-0.05, 0) is 55.5 Å². The number of aromatic nitrogens is 2. The van der Waals surface area contributed by atoms with Gasteiger partial charge in [-0.3, -0.25) is 14.5 Å². The van der Waals surface area contributed by atoms with Crippen molar-refractivity contribution >= 4 is 22.5 Å². The number of fused-ring (bicyclic) bond motifs is 1. The molecule has 1 amide bonds. The number of imidazole rings is 1. The number of carbonyl (C=O) groups is 2. The number of carbonyl (C=O) groups excluding carboxylic acids is 2. The number of amides is 1. The molecule has 1 unspecified atom stereocenters. The second-order valence-electron chi connectivity index (χ2n) is 11.5. The third kappa shape index (κ3) is 8.83. The minimum absolute atomic E-state index is 0.198. The van der Waals surface area contributed by atoms with E-state index in [1.807, 2.05) is 43.3 Å². The molecule has 9 heteroatoms. The number of rotatable bonds is 17. The van der Waals surface area contributed by atoms with Gasteiger partial charge in [0.25, 0.3) is 0 Å². The van der Waals surface area contributed by atoms with Gasteiger partial charge in [-0.25, -0.2) is 4.98 Å². The van der Waals surface area contributed by atoms with Crippen molar-refractivity contribution in [2.24, 2.45) is 11.7 Å². The van der Waals surface area contributed by atoms with Gasteiger partial charge >= 0.3 is 0 Å². The van der Waals surface area contributed by atoms with Gasteiger partial charge in [-0.15, -0.1) is 0 Å². The van der Waals surface area contributed by atoms with E-state index in [0.29, 0.717) is 44.6 Å². The summed E-state index contributed by atoms with van der Waals surface area (Å²) in [4.78, 5) is 37.2. The lowest BCUT2D eigenvalue weighted by atomic mass is 9.90. The molecule has 0 aliphatic carbocycles. The van der Waals surface area contributed by atoms with Gasteiger partial charge < -0.3 is 26.1 Å². The van der Waals surface area contributed by atoms with E-state index in [1.54, 1.807) is 31.6 Å². The highest BCUT2D eigenvalue weighted by Crippen LogP contribution is 2.26. The van der Waals surface area contributed by atoms with Crippen LogP contribution in [0, 0.1) is 5.92 Å². The van der Waals surface area contributed by atoms with Gasteiger partial charge in [-0.1, -0.05) is 66.7 Å². The number of nitrogens with zero attached hydrogens (tertiary/aromatic N) is 2. The van der Waals surface area contributed by atoms with Crippen molar-refractivity contribution in [3.05, 3.63) is 102 Å². The molecule has 234 valence electrons. The minimum atomic E-state index is -0.877. The van der Waals surface area contributed by atoms with Gasteiger partial charge in [-0.2, -0.15) is 0 Å². The number of hydrogen-bond donors (Lipinski definition) is 4. The van der Waals surface area contributed by atoms with E-state index in [0.717, 1.165) is 27.7 Å². The fourth-order valence-electron chi connectivity index (χ4n) is 5.62. The van der Waals surface area contributed by atoms with Gasteiger partial charge in [0.1, 0.15) is 11.7 Å². The van der Waals surface area contributed by atoms with Gasteiger partial charge in [0.2, 0.25) is 5.91 Å². The number of Topliss-reactive ketones (excluding diaryl/α,β-unsaturated/α-hetero) is 1. The molecule has 0 saturated heterocycles. The lowest BCUT2D eigenvalue weighted by molar-refractivity contribution is -0.124. The highest BCUT2D eigenvalue weighted by atomic mass is 16.5. The van der Waals surface area contributed by atoms with Crippen LogP contribution in [0.1, 0.15) is 67.0 Å². The van der Waals surface area contributed by atoms with E-state index in [1.165, 1.54) is 0 Å². The molecule has 5 N–H and O–H groups in total. The summed E-state index contributed by atoms with van der Waals surface area (Å²) < 4.78 is 5.28. The molecular weight excluding hydrogens is 552 g/mol. The van der Waals surface area contributed by atoms with Crippen molar-refractivity contribution < 1.29 is 14.3 Å². The summed E-state index contributed by atoms with van der Waals surface area (Å²) in [6, 6.07) is 21.6. The summed E-state index contributed by atoms with van der Waals surface area (Å²) in [6.07, 6.45) is 4.02. The molecule has 0 saturated carbocycles. The number of benzene rings is 3. The number of nitrogens with one attached hydrogen (secondary N) is 3. The summed E-state index contributed by atoms with van der Waals surface area (Å²) in [7, 11) is 1.67. The molecule has 4 rings (SSSR count). The largest absolute Gasteiger partial charge is 0.383 e. The Morgan fingerprint density at radius 3 is 2.43 bits per heavy atom. The SMILES string of the molecule is COCCN(C(C)C)C(N)CC[C@H](C(=O)N[C@@H](C)c1cccc2ccccc12)C(=O)c1ccc(CNCc2ncc[nH]2)cc1. The normalized spacial score (nSPS) is 13.7. The molecule has 0 bridgehead atoms. The monoisotopic (exact) mass is 598 g/mol. The zero-order chi connectivity index (χ0) is 31.5. The van der Waals surface area contributed by atoms with Crippen molar-refractivity contribution in [1.29, 1.82) is 0 Å².